The summed E-state index contributed by atoms with van der Waals surface area (Å²) in [6.45, 7) is 20.4. The number of methoxy groups -OCH3 is 1. The minimum Gasteiger partial charge on any atom is -0.501 e. The predicted molar refractivity (Wildman–Crippen MR) is 213 cm³/mol. The Labute approximate surface area is 310 Å². The van der Waals surface area contributed by atoms with Crippen molar-refractivity contribution in [1.82, 2.24) is 9.55 Å². The summed E-state index contributed by atoms with van der Waals surface area (Å²) in [6.07, 6.45) is 16.8. The van der Waals surface area contributed by atoms with Crippen LogP contribution in [0.1, 0.15) is 122 Å². The average molecular weight is 705 g/mol. The molecule has 1 aliphatic heterocycles. The zero-order chi connectivity index (χ0) is 37.3. The molecule has 5 aromatic rings. The van der Waals surface area contributed by atoms with Crippen LogP contribution >= 0.6 is 0 Å². The number of ether oxygens (including phenoxy) is 2. The van der Waals surface area contributed by atoms with E-state index in [9.17, 15) is 0 Å². The van der Waals surface area contributed by atoms with Gasteiger partial charge in [0.05, 0.1) is 36.2 Å². The van der Waals surface area contributed by atoms with Gasteiger partial charge in [0.15, 0.2) is 5.52 Å². The first-order valence-corrected chi connectivity index (χ1v) is 19.5. The predicted octanol–water partition coefficient (Wildman–Crippen LogP) is 11.3. The van der Waals surface area contributed by atoms with Crippen LogP contribution < -0.4 is 4.40 Å². The molecule has 3 unspecified atom stereocenters. The highest BCUT2D eigenvalue weighted by Crippen LogP contribution is 2.55. The number of aromatic nitrogens is 3. The second kappa shape index (κ2) is 15.1. The van der Waals surface area contributed by atoms with Crippen LogP contribution in [-0.4, -0.2) is 29.4 Å². The van der Waals surface area contributed by atoms with Gasteiger partial charge in [0, 0.05) is 36.1 Å². The minimum absolute atomic E-state index is 0.103. The summed E-state index contributed by atoms with van der Waals surface area (Å²) in [6, 6.07) is 16.3. The van der Waals surface area contributed by atoms with Crippen LogP contribution in [0.15, 0.2) is 79.3 Å². The van der Waals surface area contributed by atoms with Crippen molar-refractivity contribution in [2.75, 3.05) is 13.7 Å². The molecule has 0 saturated carbocycles. The molecule has 52 heavy (non-hydrogen) atoms. The van der Waals surface area contributed by atoms with Crippen molar-refractivity contribution in [2.45, 2.75) is 129 Å². The maximum absolute atomic E-state index is 15.7. The molecule has 0 spiro atoms. The Hall–Kier alpha value is -4.03. The van der Waals surface area contributed by atoms with Gasteiger partial charge in [-0.2, -0.15) is 4.40 Å². The van der Waals surface area contributed by atoms with Gasteiger partial charge in [-0.05, 0) is 92.3 Å². The van der Waals surface area contributed by atoms with E-state index in [4.69, 9.17) is 14.5 Å². The zero-order valence-corrected chi connectivity index (χ0v) is 32.8. The number of halogens is 1. The minimum atomic E-state index is -0.388. The Morgan fingerprint density at radius 3 is 2.52 bits per heavy atom. The monoisotopic (exact) mass is 704 g/mol. The van der Waals surface area contributed by atoms with E-state index >= 15 is 4.39 Å². The molecule has 0 fully saturated rings. The number of hydrogen-bond acceptors (Lipinski definition) is 3. The van der Waals surface area contributed by atoms with Crippen molar-refractivity contribution in [1.29, 1.82) is 0 Å². The quantitative estimate of drug-likeness (QED) is 0.0550. The first-order valence-electron chi connectivity index (χ1n) is 19.5. The first-order chi connectivity index (χ1) is 25.0. The molecule has 3 aromatic heterocycles. The third-order valence-corrected chi connectivity index (χ3v) is 12.4. The summed E-state index contributed by atoms with van der Waals surface area (Å²) >= 11 is 0. The van der Waals surface area contributed by atoms with Crippen molar-refractivity contribution < 1.29 is 18.3 Å². The van der Waals surface area contributed by atoms with E-state index in [0.29, 0.717) is 6.61 Å². The largest absolute Gasteiger partial charge is 0.501 e. The molecule has 0 saturated heterocycles. The lowest BCUT2D eigenvalue weighted by Gasteiger charge is -2.49. The molecule has 3 atom stereocenters. The smallest absolute Gasteiger partial charge is 0.296 e. The Morgan fingerprint density at radius 2 is 1.85 bits per heavy atom. The molecule has 5 nitrogen and oxygen atoms in total. The number of benzene rings is 2. The molecule has 6 rings (SSSR count). The van der Waals surface area contributed by atoms with E-state index in [1.807, 2.05) is 18.3 Å². The molecule has 0 radical (unpaired) electrons. The zero-order valence-electron chi connectivity index (χ0n) is 32.8. The number of fused-ring (bicyclic) bond motifs is 3. The van der Waals surface area contributed by atoms with Gasteiger partial charge in [0.25, 0.3) is 5.65 Å². The summed E-state index contributed by atoms with van der Waals surface area (Å²) < 4.78 is 33.1. The first kappa shape index (κ1) is 37.7. The van der Waals surface area contributed by atoms with Crippen LogP contribution in [-0.2, 0) is 32.3 Å². The Morgan fingerprint density at radius 1 is 1.08 bits per heavy atom. The van der Waals surface area contributed by atoms with Crippen molar-refractivity contribution in [2.24, 2.45) is 0 Å². The fourth-order valence-corrected chi connectivity index (χ4v) is 9.26. The van der Waals surface area contributed by atoms with Crippen molar-refractivity contribution in [3.05, 3.63) is 108 Å². The van der Waals surface area contributed by atoms with Crippen LogP contribution in [0.5, 0.6) is 0 Å². The lowest BCUT2D eigenvalue weighted by Crippen LogP contribution is -2.54. The van der Waals surface area contributed by atoms with E-state index in [0.717, 1.165) is 77.5 Å². The number of rotatable bonds is 17. The Bertz CT molecular complexity index is 2090. The van der Waals surface area contributed by atoms with Crippen molar-refractivity contribution >= 4 is 33.5 Å². The average Bonchev–Trinajstić information content (AvgIpc) is 3.50. The number of hydrogen-bond donors (Lipinski definition) is 0. The summed E-state index contributed by atoms with van der Waals surface area (Å²) in [5, 5.41) is 2.08. The number of allylic oxidation sites excluding steroid dienone is 1. The van der Waals surface area contributed by atoms with Crippen LogP contribution in [0.2, 0.25) is 0 Å². The molecule has 0 N–H and O–H groups in total. The van der Waals surface area contributed by atoms with Gasteiger partial charge in [0.1, 0.15) is 11.4 Å². The third-order valence-electron chi connectivity index (χ3n) is 12.4. The summed E-state index contributed by atoms with van der Waals surface area (Å²) in [5.74, 6) is 0.732. The molecular weight excluding hydrogens is 646 g/mol. The summed E-state index contributed by atoms with van der Waals surface area (Å²) in [7, 11) is 1.74. The second-order valence-corrected chi connectivity index (χ2v) is 15.8. The number of aryl methyl sites for hydroxylation is 1. The molecule has 0 amide bonds. The van der Waals surface area contributed by atoms with Gasteiger partial charge in [-0.25, -0.2) is 8.96 Å². The fourth-order valence-electron chi connectivity index (χ4n) is 9.26. The van der Waals surface area contributed by atoms with Crippen molar-refractivity contribution in [3.63, 3.8) is 0 Å². The summed E-state index contributed by atoms with van der Waals surface area (Å²) in [5.41, 5.74) is 7.24. The molecule has 276 valence electrons. The normalized spacial score (nSPS) is 19.6. The maximum Gasteiger partial charge on any atom is 0.296 e. The van der Waals surface area contributed by atoms with E-state index in [1.54, 1.807) is 13.2 Å². The van der Waals surface area contributed by atoms with Gasteiger partial charge in [0.2, 0.25) is 5.52 Å². The Balaban J connectivity index is 1.38. The highest BCUT2D eigenvalue weighted by molar-refractivity contribution is 6.00. The molecular formula is C46H59FN3O2+. The Kier molecular flexibility index (Phi) is 11.0. The lowest BCUT2D eigenvalue weighted by molar-refractivity contribution is -0.482. The molecule has 1 aliphatic rings. The summed E-state index contributed by atoms with van der Waals surface area (Å²) in [4.78, 5) is 5.10. The van der Waals surface area contributed by atoms with Gasteiger partial charge >= 0.3 is 0 Å². The SMILES string of the molecule is C=Cc1ccc(CCC(=CC(C)OCCC2(CC)c3cc(F)cc4cc[n+]5c6c(C(C)(C)CCCCC)nccc6n(c5c34)C2(C)CC)OC)cc1. The number of unbranched alkanes of at least 4 members (excludes halogenated alkanes) is 2. The van der Waals surface area contributed by atoms with Gasteiger partial charge < -0.3 is 9.47 Å². The van der Waals surface area contributed by atoms with E-state index < -0.39 is 0 Å². The topological polar surface area (TPSA) is 40.4 Å². The highest BCUT2D eigenvalue weighted by Gasteiger charge is 2.57. The maximum atomic E-state index is 15.7. The molecule has 2 aromatic carbocycles. The van der Waals surface area contributed by atoms with E-state index in [-0.39, 0.29) is 28.3 Å². The van der Waals surface area contributed by atoms with E-state index in [1.165, 1.54) is 35.9 Å². The molecule has 0 aliphatic carbocycles. The van der Waals surface area contributed by atoms with Crippen LogP contribution in [0.4, 0.5) is 4.39 Å². The molecule has 6 heteroatoms. The molecule has 0 bridgehead atoms. The van der Waals surface area contributed by atoms with Gasteiger partial charge in [-0.1, -0.05) is 90.8 Å². The number of nitrogens with zero attached hydrogens (tertiary/aromatic N) is 3. The number of pyridine rings is 2. The van der Waals surface area contributed by atoms with Crippen LogP contribution in [0.25, 0.3) is 33.5 Å². The van der Waals surface area contributed by atoms with Crippen LogP contribution in [0, 0.1) is 5.82 Å². The van der Waals surface area contributed by atoms with Gasteiger partial charge in [-0.3, -0.25) is 4.98 Å². The van der Waals surface area contributed by atoms with E-state index in [2.05, 4.69) is 113 Å². The lowest BCUT2D eigenvalue weighted by atomic mass is 9.59. The highest BCUT2D eigenvalue weighted by atomic mass is 19.1. The van der Waals surface area contributed by atoms with Crippen molar-refractivity contribution in [3.8, 4) is 0 Å². The van der Waals surface area contributed by atoms with Crippen LogP contribution in [0.3, 0.4) is 0 Å². The standard InChI is InChI=1S/C46H59FN3O2/c1-10-14-15-24-44(6,7)42-41-39(22-26-48-42)50-43-40-35(23-27-49(41)43)30-36(47)31-38(40)46(13-4,45(50,8)12-3)25-28-52-32(5)29-37(51-9)21-20-34-18-16-33(11-2)17-19-34/h11,16-19,22-23,26-27,29-32H,2,10,12-15,20-21,24-25,28H2,1,3-9H3/q+1. The van der Waals surface area contributed by atoms with Gasteiger partial charge in [-0.15, -0.1) is 0 Å². The second-order valence-electron chi connectivity index (χ2n) is 15.8. The third kappa shape index (κ3) is 6.46. The number of imidazole rings is 1. The molecule has 4 heterocycles. The fraction of sp³-hybridized carbons (Fsp3) is 0.478.